The van der Waals surface area contributed by atoms with Crippen LogP contribution in [-0.4, -0.2) is 24.5 Å². The zero-order chi connectivity index (χ0) is 14.8. The molecule has 0 radical (unpaired) electrons. The minimum Gasteiger partial charge on any atom is -0.329 e. The van der Waals surface area contributed by atoms with E-state index < -0.39 is 11.7 Å². The number of rotatable bonds is 3. The van der Waals surface area contributed by atoms with Gasteiger partial charge in [0.1, 0.15) is 0 Å². The van der Waals surface area contributed by atoms with Gasteiger partial charge in [0.25, 0.3) is 0 Å². The molecule has 2 N–H and O–H groups in total. The summed E-state index contributed by atoms with van der Waals surface area (Å²) in [5.74, 6) is 0.510. The first-order valence-electron chi connectivity index (χ1n) is 7.03. The highest BCUT2D eigenvalue weighted by Crippen LogP contribution is 2.37. The Morgan fingerprint density at radius 2 is 2.05 bits per heavy atom. The second-order valence-corrected chi connectivity index (χ2v) is 5.58. The molecule has 0 aliphatic carbocycles. The molecule has 1 fully saturated rings. The number of benzene rings is 1. The number of alkyl halides is 3. The average Bonchev–Trinajstić information content (AvgIpc) is 2.39. The third-order valence-electron chi connectivity index (χ3n) is 3.98. The van der Waals surface area contributed by atoms with Crippen molar-refractivity contribution in [3.8, 4) is 0 Å². The van der Waals surface area contributed by atoms with Crippen LogP contribution in [-0.2, 0) is 6.18 Å². The Morgan fingerprint density at radius 1 is 1.35 bits per heavy atom. The molecule has 1 saturated heterocycles. The summed E-state index contributed by atoms with van der Waals surface area (Å²) < 4.78 is 39.4. The molecule has 5 heteroatoms. The molecule has 2 rings (SSSR count). The van der Waals surface area contributed by atoms with Crippen molar-refractivity contribution in [3.05, 3.63) is 35.4 Å². The molecule has 1 aromatic rings. The summed E-state index contributed by atoms with van der Waals surface area (Å²) in [4.78, 5) is 2.10. The van der Waals surface area contributed by atoms with Gasteiger partial charge in [0.15, 0.2) is 0 Å². The molecule has 0 amide bonds. The van der Waals surface area contributed by atoms with E-state index in [1.54, 1.807) is 12.1 Å². The lowest BCUT2D eigenvalue weighted by Gasteiger charge is -2.37. The summed E-state index contributed by atoms with van der Waals surface area (Å²) >= 11 is 0. The van der Waals surface area contributed by atoms with Crippen LogP contribution in [0.25, 0.3) is 0 Å². The Hall–Kier alpha value is -1.07. The van der Waals surface area contributed by atoms with Crippen LogP contribution in [0.5, 0.6) is 0 Å². The van der Waals surface area contributed by atoms with E-state index in [4.69, 9.17) is 5.73 Å². The summed E-state index contributed by atoms with van der Waals surface area (Å²) in [6.07, 6.45) is -2.17. The van der Waals surface area contributed by atoms with E-state index in [0.717, 1.165) is 32.0 Å². The van der Waals surface area contributed by atoms with Gasteiger partial charge in [-0.15, -0.1) is 0 Å². The largest absolute Gasteiger partial charge is 0.416 e. The van der Waals surface area contributed by atoms with Crippen molar-refractivity contribution in [2.75, 3.05) is 19.6 Å². The van der Waals surface area contributed by atoms with Crippen molar-refractivity contribution in [3.63, 3.8) is 0 Å². The van der Waals surface area contributed by atoms with Gasteiger partial charge in [0.05, 0.1) is 5.56 Å². The average molecular weight is 286 g/mol. The van der Waals surface area contributed by atoms with Gasteiger partial charge in [-0.2, -0.15) is 13.2 Å². The van der Waals surface area contributed by atoms with E-state index in [9.17, 15) is 13.2 Å². The molecule has 0 unspecified atom stereocenters. The third-order valence-corrected chi connectivity index (χ3v) is 3.98. The van der Waals surface area contributed by atoms with E-state index in [1.807, 2.05) is 0 Å². The molecular formula is C15H21F3N2. The van der Waals surface area contributed by atoms with Crippen molar-refractivity contribution < 1.29 is 13.2 Å². The maximum atomic E-state index is 13.1. The quantitative estimate of drug-likeness (QED) is 0.922. The zero-order valence-corrected chi connectivity index (χ0v) is 11.7. The number of nitrogens with zero attached hydrogens (tertiary/aromatic N) is 1. The lowest BCUT2D eigenvalue weighted by Crippen LogP contribution is -2.41. The minimum absolute atomic E-state index is 0.208. The summed E-state index contributed by atoms with van der Waals surface area (Å²) in [6.45, 7) is 3.97. The van der Waals surface area contributed by atoms with E-state index in [2.05, 4.69) is 11.8 Å². The van der Waals surface area contributed by atoms with Crippen LogP contribution in [0.3, 0.4) is 0 Å². The number of hydrogen-bond donors (Lipinski definition) is 1. The van der Waals surface area contributed by atoms with Gasteiger partial charge in [-0.05, 0) is 36.9 Å². The van der Waals surface area contributed by atoms with Crippen molar-refractivity contribution in [2.45, 2.75) is 32.0 Å². The highest BCUT2D eigenvalue weighted by atomic mass is 19.4. The van der Waals surface area contributed by atoms with Crippen molar-refractivity contribution in [1.29, 1.82) is 0 Å². The normalized spacial score (nSPS) is 22.8. The number of piperidine rings is 1. The number of hydrogen-bond acceptors (Lipinski definition) is 2. The molecule has 2 nitrogen and oxygen atoms in total. The fourth-order valence-corrected chi connectivity index (χ4v) is 3.03. The predicted molar refractivity (Wildman–Crippen MR) is 73.2 cm³/mol. The molecule has 1 aliphatic heterocycles. The number of nitrogens with two attached hydrogens (primary N) is 1. The smallest absolute Gasteiger partial charge is 0.329 e. The Kier molecular flexibility index (Phi) is 4.70. The van der Waals surface area contributed by atoms with Crippen LogP contribution in [0.2, 0.25) is 0 Å². The molecule has 20 heavy (non-hydrogen) atoms. The van der Waals surface area contributed by atoms with Crippen LogP contribution in [0.4, 0.5) is 13.2 Å². The molecule has 0 saturated carbocycles. The summed E-state index contributed by atoms with van der Waals surface area (Å²) in [5.41, 5.74) is 5.53. The maximum Gasteiger partial charge on any atom is 0.416 e. The second-order valence-electron chi connectivity index (χ2n) is 5.58. The monoisotopic (exact) mass is 286 g/mol. The SMILES string of the molecule is C[C@@H]1CCCN([C@H](CN)c2ccccc2C(F)(F)F)C1. The number of halogens is 3. The molecule has 0 aromatic heterocycles. The predicted octanol–water partition coefficient (Wildman–Crippen LogP) is 3.44. The van der Waals surface area contributed by atoms with E-state index in [0.29, 0.717) is 11.5 Å². The summed E-state index contributed by atoms with van der Waals surface area (Å²) in [5, 5.41) is 0. The van der Waals surface area contributed by atoms with Gasteiger partial charge in [-0.25, -0.2) is 0 Å². The maximum absolute atomic E-state index is 13.1. The van der Waals surface area contributed by atoms with E-state index in [-0.39, 0.29) is 12.6 Å². The van der Waals surface area contributed by atoms with Gasteiger partial charge in [0.2, 0.25) is 0 Å². The Bertz CT molecular complexity index is 445. The molecule has 1 heterocycles. The fraction of sp³-hybridized carbons (Fsp3) is 0.600. The highest BCUT2D eigenvalue weighted by Gasteiger charge is 2.36. The van der Waals surface area contributed by atoms with Crippen molar-refractivity contribution in [2.24, 2.45) is 11.7 Å². The van der Waals surface area contributed by atoms with Gasteiger partial charge in [-0.3, -0.25) is 4.90 Å². The van der Waals surface area contributed by atoms with E-state index in [1.165, 1.54) is 6.07 Å². The van der Waals surface area contributed by atoms with E-state index >= 15 is 0 Å². The van der Waals surface area contributed by atoms with Gasteiger partial charge in [-0.1, -0.05) is 25.1 Å². The third kappa shape index (κ3) is 3.33. The van der Waals surface area contributed by atoms with Crippen LogP contribution in [0.1, 0.15) is 36.9 Å². The molecule has 0 spiro atoms. The molecular weight excluding hydrogens is 265 g/mol. The lowest BCUT2D eigenvalue weighted by molar-refractivity contribution is -0.138. The minimum atomic E-state index is -4.33. The fourth-order valence-electron chi connectivity index (χ4n) is 3.03. The zero-order valence-electron chi connectivity index (χ0n) is 11.7. The van der Waals surface area contributed by atoms with Crippen molar-refractivity contribution >= 4 is 0 Å². The van der Waals surface area contributed by atoms with Crippen LogP contribution in [0, 0.1) is 5.92 Å². The highest BCUT2D eigenvalue weighted by molar-refractivity contribution is 5.32. The lowest BCUT2D eigenvalue weighted by atomic mass is 9.93. The van der Waals surface area contributed by atoms with Gasteiger partial charge in [0, 0.05) is 19.1 Å². The molecule has 1 aromatic carbocycles. The molecule has 0 bridgehead atoms. The van der Waals surface area contributed by atoms with Crippen LogP contribution >= 0.6 is 0 Å². The first-order valence-corrected chi connectivity index (χ1v) is 7.03. The first-order chi connectivity index (χ1) is 9.43. The Labute approximate surface area is 117 Å². The van der Waals surface area contributed by atoms with Gasteiger partial charge >= 0.3 is 6.18 Å². The molecule has 2 atom stereocenters. The number of likely N-dealkylation sites (tertiary alicyclic amines) is 1. The van der Waals surface area contributed by atoms with Crippen molar-refractivity contribution in [1.82, 2.24) is 4.90 Å². The topological polar surface area (TPSA) is 29.3 Å². The van der Waals surface area contributed by atoms with Crippen LogP contribution in [0.15, 0.2) is 24.3 Å². The second kappa shape index (κ2) is 6.14. The Morgan fingerprint density at radius 3 is 2.65 bits per heavy atom. The molecule has 1 aliphatic rings. The Balaban J connectivity index is 2.32. The summed E-state index contributed by atoms with van der Waals surface area (Å²) in [6, 6.07) is 5.43. The standard InChI is InChI=1S/C15H21F3N2/c1-11-5-4-8-20(10-11)14(9-19)12-6-2-3-7-13(12)15(16,17)18/h2-3,6-7,11,14H,4-5,8-10,19H2,1H3/t11-,14-/m1/s1. The molecule has 112 valence electrons. The summed E-state index contributed by atoms with van der Waals surface area (Å²) in [7, 11) is 0. The van der Waals surface area contributed by atoms with Crippen LogP contribution < -0.4 is 5.73 Å². The van der Waals surface area contributed by atoms with Gasteiger partial charge < -0.3 is 5.73 Å². The first kappa shape index (κ1) is 15.3.